The first kappa shape index (κ1) is 15.6. The van der Waals surface area contributed by atoms with Gasteiger partial charge in [0, 0.05) is 18.7 Å². The molecule has 0 spiro atoms. The maximum Gasteiger partial charge on any atom is 0.346 e. The first-order valence-electron chi connectivity index (χ1n) is 6.68. The number of nitrogens with one attached hydrogen (secondary N) is 2. The van der Waals surface area contributed by atoms with E-state index in [1.807, 2.05) is 13.8 Å². The molecule has 0 radical (unpaired) electrons. The van der Waals surface area contributed by atoms with Crippen LogP contribution in [-0.2, 0) is 14.3 Å². The highest BCUT2D eigenvalue weighted by molar-refractivity contribution is 6.09. The van der Waals surface area contributed by atoms with Gasteiger partial charge in [0.25, 0.3) is 5.91 Å². The van der Waals surface area contributed by atoms with Gasteiger partial charge >= 0.3 is 5.97 Å². The summed E-state index contributed by atoms with van der Waals surface area (Å²) in [7, 11) is 0. The number of aliphatic carboxylic acids is 1. The highest BCUT2D eigenvalue weighted by Crippen LogP contribution is 2.24. The smallest absolute Gasteiger partial charge is 0.346 e. The van der Waals surface area contributed by atoms with Crippen LogP contribution in [0.15, 0.2) is 0 Å². The minimum Gasteiger partial charge on any atom is -0.479 e. The third-order valence-corrected chi connectivity index (χ3v) is 3.60. The lowest BCUT2D eigenvalue weighted by Gasteiger charge is -2.32. The van der Waals surface area contributed by atoms with E-state index in [-0.39, 0.29) is 18.7 Å². The van der Waals surface area contributed by atoms with E-state index in [0.717, 1.165) is 12.8 Å². The van der Waals surface area contributed by atoms with Crippen LogP contribution >= 0.6 is 0 Å². The maximum atomic E-state index is 11.8. The average Bonchev–Trinajstić information content (AvgIpc) is 2.38. The van der Waals surface area contributed by atoms with E-state index in [2.05, 4.69) is 5.32 Å². The first-order chi connectivity index (χ1) is 8.96. The molecule has 6 nitrogen and oxygen atoms in total. The summed E-state index contributed by atoms with van der Waals surface area (Å²) >= 11 is 0. The molecule has 1 saturated heterocycles. The minimum absolute atomic E-state index is 0.163. The second-order valence-electron chi connectivity index (χ2n) is 4.90. The number of rotatable bonds is 7. The van der Waals surface area contributed by atoms with E-state index in [9.17, 15) is 14.7 Å². The predicted octanol–water partition coefficient (Wildman–Crippen LogP) is 1.19. The normalized spacial score (nSPS) is 23.2. The molecule has 1 unspecified atom stereocenters. The van der Waals surface area contributed by atoms with Gasteiger partial charge in [0.15, 0.2) is 0 Å². The number of ether oxygens (including phenoxy) is 1. The Morgan fingerprint density at radius 2 is 2.16 bits per heavy atom. The third kappa shape index (κ3) is 3.53. The van der Waals surface area contributed by atoms with Crippen LogP contribution in [0.3, 0.4) is 0 Å². The van der Waals surface area contributed by atoms with Gasteiger partial charge in [0.05, 0.1) is 6.61 Å². The molecule has 1 amide bonds. The predicted molar refractivity (Wildman–Crippen MR) is 70.4 cm³/mol. The van der Waals surface area contributed by atoms with Crippen molar-refractivity contribution in [3.05, 3.63) is 0 Å². The summed E-state index contributed by atoms with van der Waals surface area (Å²) in [6.45, 7) is 4.56. The van der Waals surface area contributed by atoms with Gasteiger partial charge in [-0.1, -0.05) is 26.7 Å². The van der Waals surface area contributed by atoms with Crippen molar-refractivity contribution in [3.63, 3.8) is 0 Å². The Hall–Kier alpha value is -1.43. The number of morpholine rings is 1. The van der Waals surface area contributed by atoms with Gasteiger partial charge in [0.1, 0.15) is 0 Å². The molecule has 1 rings (SSSR count). The minimum atomic E-state index is -1.92. The van der Waals surface area contributed by atoms with Gasteiger partial charge in [-0.2, -0.15) is 0 Å². The molecule has 0 aromatic carbocycles. The number of carbonyl (C=O) groups is 2. The van der Waals surface area contributed by atoms with Crippen LogP contribution in [-0.4, -0.2) is 41.4 Å². The van der Waals surface area contributed by atoms with Crippen LogP contribution in [0.1, 0.15) is 39.5 Å². The molecule has 1 aliphatic rings. The molecule has 0 aromatic heterocycles. The number of amides is 1. The zero-order valence-electron chi connectivity index (χ0n) is 11.5. The van der Waals surface area contributed by atoms with Crippen molar-refractivity contribution in [1.29, 1.82) is 5.41 Å². The number of hydrogen-bond acceptors (Lipinski definition) is 4. The molecular weight excluding hydrogens is 248 g/mol. The van der Waals surface area contributed by atoms with Gasteiger partial charge in [-0.05, 0) is 12.3 Å². The molecule has 19 heavy (non-hydrogen) atoms. The molecule has 0 aliphatic carbocycles. The van der Waals surface area contributed by atoms with Crippen molar-refractivity contribution < 1.29 is 19.4 Å². The fourth-order valence-corrected chi connectivity index (χ4v) is 2.26. The fraction of sp³-hybridized carbons (Fsp3) is 0.769. The number of carboxylic acids is 1. The molecule has 0 bridgehead atoms. The maximum absolute atomic E-state index is 11.8. The van der Waals surface area contributed by atoms with E-state index in [1.54, 1.807) is 0 Å². The molecule has 6 heteroatoms. The van der Waals surface area contributed by atoms with Crippen molar-refractivity contribution >= 4 is 17.6 Å². The summed E-state index contributed by atoms with van der Waals surface area (Å²) in [6, 6.07) is 0. The van der Waals surface area contributed by atoms with E-state index in [0.29, 0.717) is 18.9 Å². The molecule has 1 heterocycles. The van der Waals surface area contributed by atoms with E-state index >= 15 is 0 Å². The SMILES string of the molecule is CCC(CC)CC(=N)CC1(C(=O)O)OCCNC1=O. The van der Waals surface area contributed by atoms with Crippen LogP contribution in [0, 0.1) is 11.3 Å². The monoisotopic (exact) mass is 270 g/mol. The standard InChI is InChI=1S/C13H22N2O4/c1-3-9(4-2)7-10(14)8-13(12(17)18)11(16)15-5-6-19-13/h9,14H,3-8H2,1-2H3,(H,15,16)(H,17,18). The van der Waals surface area contributed by atoms with Crippen LogP contribution < -0.4 is 5.32 Å². The molecule has 1 fully saturated rings. The molecule has 1 atom stereocenters. The Bertz CT molecular complexity index is 366. The van der Waals surface area contributed by atoms with Gasteiger partial charge in [-0.15, -0.1) is 0 Å². The van der Waals surface area contributed by atoms with Gasteiger partial charge in [0.2, 0.25) is 5.60 Å². The second-order valence-corrected chi connectivity index (χ2v) is 4.90. The van der Waals surface area contributed by atoms with E-state index in [1.165, 1.54) is 0 Å². The molecular formula is C13H22N2O4. The van der Waals surface area contributed by atoms with Crippen LogP contribution in [0.5, 0.6) is 0 Å². The molecule has 1 aliphatic heterocycles. The number of carboxylic acid groups (broad SMARTS) is 1. The third-order valence-electron chi connectivity index (χ3n) is 3.60. The van der Waals surface area contributed by atoms with Crippen molar-refractivity contribution in [2.45, 2.75) is 45.1 Å². The Labute approximate surface area is 113 Å². The van der Waals surface area contributed by atoms with Gasteiger partial charge in [-0.3, -0.25) is 4.79 Å². The molecule has 3 N–H and O–H groups in total. The lowest BCUT2D eigenvalue weighted by atomic mass is 9.88. The summed E-state index contributed by atoms with van der Waals surface area (Å²) in [6.07, 6.45) is 2.21. The average molecular weight is 270 g/mol. The largest absolute Gasteiger partial charge is 0.479 e. The Morgan fingerprint density at radius 1 is 1.53 bits per heavy atom. The topological polar surface area (TPSA) is 99.5 Å². The van der Waals surface area contributed by atoms with Crippen molar-refractivity contribution in [2.75, 3.05) is 13.2 Å². The molecule has 0 aromatic rings. The zero-order chi connectivity index (χ0) is 14.5. The van der Waals surface area contributed by atoms with Crippen molar-refractivity contribution in [1.82, 2.24) is 5.32 Å². The number of carbonyl (C=O) groups excluding carboxylic acids is 1. The van der Waals surface area contributed by atoms with Crippen LogP contribution in [0.4, 0.5) is 0 Å². The van der Waals surface area contributed by atoms with Gasteiger partial charge < -0.3 is 20.6 Å². The Morgan fingerprint density at radius 3 is 2.63 bits per heavy atom. The lowest BCUT2D eigenvalue weighted by Crippen LogP contribution is -2.60. The second kappa shape index (κ2) is 6.65. The van der Waals surface area contributed by atoms with E-state index in [4.69, 9.17) is 10.1 Å². The number of hydrogen-bond donors (Lipinski definition) is 3. The lowest BCUT2D eigenvalue weighted by molar-refractivity contribution is -0.177. The highest BCUT2D eigenvalue weighted by Gasteiger charge is 2.50. The van der Waals surface area contributed by atoms with Gasteiger partial charge in [-0.25, -0.2) is 4.79 Å². The zero-order valence-corrected chi connectivity index (χ0v) is 11.5. The summed E-state index contributed by atoms with van der Waals surface area (Å²) in [5.41, 5.74) is -1.66. The summed E-state index contributed by atoms with van der Waals surface area (Å²) in [5, 5.41) is 19.7. The highest BCUT2D eigenvalue weighted by atomic mass is 16.5. The van der Waals surface area contributed by atoms with Crippen LogP contribution in [0.25, 0.3) is 0 Å². The Balaban J connectivity index is 2.76. The molecule has 108 valence electrons. The summed E-state index contributed by atoms with van der Waals surface area (Å²) in [5.74, 6) is -1.62. The molecule has 0 saturated carbocycles. The Kier molecular flexibility index (Phi) is 5.47. The summed E-state index contributed by atoms with van der Waals surface area (Å²) < 4.78 is 5.21. The summed E-state index contributed by atoms with van der Waals surface area (Å²) in [4.78, 5) is 23.2. The first-order valence-corrected chi connectivity index (χ1v) is 6.68. The van der Waals surface area contributed by atoms with E-state index < -0.39 is 17.5 Å². The van der Waals surface area contributed by atoms with Crippen LogP contribution in [0.2, 0.25) is 0 Å². The van der Waals surface area contributed by atoms with Crippen molar-refractivity contribution in [2.24, 2.45) is 5.92 Å². The van der Waals surface area contributed by atoms with Crippen molar-refractivity contribution in [3.8, 4) is 0 Å². The quantitative estimate of drug-likeness (QED) is 0.478. The fourth-order valence-electron chi connectivity index (χ4n) is 2.26.